The van der Waals surface area contributed by atoms with Crippen molar-refractivity contribution in [3.8, 4) is 0 Å². The molecular formula is C18H21N2O3P. The van der Waals surface area contributed by atoms with Crippen molar-refractivity contribution >= 4 is 24.8 Å². The summed E-state index contributed by atoms with van der Waals surface area (Å²) in [5.74, 6) is -1.37. The van der Waals surface area contributed by atoms with E-state index in [1.165, 1.54) is 4.90 Å². The average Bonchev–Trinajstić information content (AvgIpc) is 3.04. The number of nitrogens with zero attached hydrogens (tertiary/aromatic N) is 2. The van der Waals surface area contributed by atoms with Gasteiger partial charge in [0.05, 0.1) is 28.8 Å². The van der Waals surface area contributed by atoms with Gasteiger partial charge < -0.3 is 4.57 Å². The van der Waals surface area contributed by atoms with Gasteiger partial charge in [0.1, 0.15) is 0 Å². The number of allylic oxidation sites excluding steroid dienone is 2. The molecule has 2 amide bonds. The molecule has 3 aliphatic rings. The molecule has 5 atom stereocenters. The van der Waals surface area contributed by atoms with Crippen molar-refractivity contribution in [3.63, 3.8) is 0 Å². The predicted octanol–water partition coefficient (Wildman–Crippen LogP) is 2.73. The number of benzene rings is 1. The van der Waals surface area contributed by atoms with Crippen LogP contribution >= 0.6 is 7.29 Å². The third-order valence-electron chi connectivity index (χ3n) is 6.02. The van der Waals surface area contributed by atoms with E-state index in [0.29, 0.717) is 5.69 Å². The van der Waals surface area contributed by atoms with Crippen LogP contribution in [0.1, 0.15) is 13.8 Å². The molecule has 24 heavy (non-hydrogen) atoms. The lowest BCUT2D eigenvalue weighted by atomic mass is 9.78. The lowest BCUT2D eigenvalue weighted by molar-refractivity contribution is -0.122. The number of imide groups is 1. The van der Waals surface area contributed by atoms with Gasteiger partial charge >= 0.3 is 0 Å². The molecule has 1 aromatic rings. The van der Waals surface area contributed by atoms with Gasteiger partial charge in [0.25, 0.3) is 0 Å². The van der Waals surface area contributed by atoms with E-state index in [9.17, 15) is 14.2 Å². The third kappa shape index (κ3) is 1.62. The molecule has 0 spiro atoms. The van der Waals surface area contributed by atoms with Crippen LogP contribution in [0, 0.1) is 11.8 Å². The summed E-state index contributed by atoms with van der Waals surface area (Å²) in [6.07, 6.45) is 0. The molecule has 126 valence electrons. The van der Waals surface area contributed by atoms with Crippen LogP contribution in [0.2, 0.25) is 0 Å². The molecule has 6 heteroatoms. The van der Waals surface area contributed by atoms with Gasteiger partial charge in [0.2, 0.25) is 11.8 Å². The highest BCUT2D eigenvalue weighted by Crippen LogP contribution is 2.77. The second kappa shape index (κ2) is 4.90. The van der Waals surface area contributed by atoms with E-state index in [1.54, 1.807) is 30.9 Å². The zero-order valence-corrected chi connectivity index (χ0v) is 15.2. The average molecular weight is 344 g/mol. The molecule has 4 rings (SSSR count). The van der Waals surface area contributed by atoms with Gasteiger partial charge in [-0.3, -0.25) is 14.3 Å². The van der Waals surface area contributed by atoms with Crippen molar-refractivity contribution in [1.29, 1.82) is 0 Å². The number of amides is 2. The summed E-state index contributed by atoms with van der Waals surface area (Å²) in [6.45, 7) is 3.94. The summed E-state index contributed by atoms with van der Waals surface area (Å²) in [6, 6.07) is 9.04. The van der Waals surface area contributed by atoms with Crippen LogP contribution in [0.25, 0.3) is 0 Å². The molecule has 1 aromatic carbocycles. The van der Waals surface area contributed by atoms with Gasteiger partial charge in [0, 0.05) is 0 Å². The minimum Gasteiger partial charge on any atom is -0.305 e. The third-order valence-corrected chi connectivity index (χ3v) is 10.3. The Morgan fingerprint density at radius 1 is 0.917 bits per heavy atom. The number of carbonyl (C=O) groups excluding carboxylic acids is 2. The molecule has 0 N–H and O–H groups in total. The number of para-hydroxylation sites is 1. The van der Waals surface area contributed by atoms with Gasteiger partial charge in [-0.15, -0.1) is 0 Å². The van der Waals surface area contributed by atoms with Crippen molar-refractivity contribution in [2.24, 2.45) is 11.8 Å². The SMILES string of the molecule is CC1=C(C)[C@H]2[C@H]3C(=O)N(c4ccccc4)C(=O)[C@H]3[C@@H]1P2(=O)N(C)C. The van der Waals surface area contributed by atoms with Crippen molar-refractivity contribution < 1.29 is 14.2 Å². The Balaban J connectivity index is 1.85. The van der Waals surface area contributed by atoms with Crippen molar-refractivity contribution in [3.05, 3.63) is 41.5 Å². The molecule has 3 aliphatic heterocycles. The molecule has 2 saturated heterocycles. The maximum Gasteiger partial charge on any atom is 0.238 e. The normalized spacial score (nSPS) is 37.8. The monoisotopic (exact) mass is 344 g/mol. The van der Waals surface area contributed by atoms with Crippen LogP contribution in [0.15, 0.2) is 41.5 Å². The van der Waals surface area contributed by atoms with Crippen molar-refractivity contribution in [2.45, 2.75) is 25.2 Å². The maximum absolute atomic E-state index is 13.8. The van der Waals surface area contributed by atoms with E-state index in [2.05, 4.69) is 0 Å². The van der Waals surface area contributed by atoms with Crippen LogP contribution in [0.3, 0.4) is 0 Å². The van der Waals surface area contributed by atoms with Crippen LogP contribution < -0.4 is 4.90 Å². The number of carbonyl (C=O) groups is 2. The molecule has 2 bridgehead atoms. The minimum absolute atomic E-state index is 0.197. The second-order valence-corrected chi connectivity index (χ2v) is 10.4. The first-order valence-electron chi connectivity index (χ1n) is 8.19. The molecule has 0 aliphatic carbocycles. The largest absolute Gasteiger partial charge is 0.305 e. The summed E-state index contributed by atoms with van der Waals surface area (Å²) in [7, 11) is 0.802. The molecule has 1 unspecified atom stereocenters. The second-order valence-electron chi connectivity index (χ2n) is 7.17. The summed E-state index contributed by atoms with van der Waals surface area (Å²) in [5, 5.41) is 0. The Labute approximate surface area is 141 Å². The topological polar surface area (TPSA) is 57.7 Å². The van der Waals surface area contributed by atoms with Gasteiger partial charge in [0.15, 0.2) is 7.29 Å². The van der Waals surface area contributed by atoms with Crippen LogP contribution in [-0.4, -0.2) is 41.9 Å². The quantitative estimate of drug-likeness (QED) is 0.470. The number of hydrogen-bond donors (Lipinski definition) is 0. The fraction of sp³-hybridized carbons (Fsp3) is 0.444. The van der Waals surface area contributed by atoms with E-state index >= 15 is 0 Å². The van der Waals surface area contributed by atoms with Crippen LogP contribution in [0.4, 0.5) is 5.69 Å². The Morgan fingerprint density at radius 3 is 1.79 bits per heavy atom. The molecule has 0 aromatic heterocycles. The Bertz CT molecular complexity index is 788. The molecular weight excluding hydrogens is 323 g/mol. The van der Waals surface area contributed by atoms with E-state index in [0.717, 1.165) is 11.1 Å². The van der Waals surface area contributed by atoms with E-state index < -0.39 is 19.1 Å². The number of anilines is 1. The van der Waals surface area contributed by atoms with Gasteiger partial charge in [-0.05, 0) is 40.1 Å². The summed E-state index contributed by atoms with van der Waals surface area (Å²) in [4.78, 5) is 27.5. The predicted molar refractivity (Wildman–Crippen MR) is 93.2 cm³/mol. The maximum atomic E-state index is 13.8. The first-order chi connectivity index (χ1) is 11.3. The van der Waals surface area contributed by atoms with Crippen LogP contribution in [0.5, 0.6) is 0 Å². The highest BCUT2D eigenvalue weighted by atomic mass is 31.2. The highest BCUT2D eigenvalue weighted by Gasteiger charge is 2.72. The number of fused-ring (bicyclic) bond motifs is 5. The van der Waals surface area contributed by atoms with E-state index in [4.69, 9.17) is 0 Å². The zero-order valence-electron chi connectivity index (χ0n) is 14.3. The standard InChI is InChI=1S/C18H21N2O3P/c1-10-11(2)16-14-13(15(10)24(16,23)19(3)4)17(21)20(18(14)22)12-8-6-5-7-9-12/h5-9,13-16H,1-4H3/t13-,14+,15-,16+,24?. The summed E-state index contributed by atoms with van der Waals surface area (Å²) >= 11 is 0. The Hall–Kier alpha value is -1.71. The Kier molecular flexibility index (Phi) is 3.23. The summed E-state index contributed by atoms with van der Waals surface area (Å²) < 4.78 is 15.5. The summed E-state index contributed by atoms with van der Waals surface area (Å²) in [5.41, 5.74) is 2.03. The number of hydrogen-bond acceptors (Lipinski definition) is 3. The smallest absolute Gasteiger partial charge is 0.238 e. The molecule has 5 nitrogen and oxygen atoms in total. The Morgan fingerprint density at radius 2 is 1.38 bits per heavy atom. The lowest BCUT2D eigenvalue weighted by Crippen LogP contribution is -2.35. The molecule has 3 heterocycles. The number of rotatable bonds is 2. The van der Waals surface area contributed by atoms with E-state index in [1.807, 2.05) is 32.0 Å². The highest BCUT2D eigenvalue weighted by molar-refractivity contribution is 7.64. The van der Waals surface area contributed by atoms with Crippen LogP contribution in [-0.2, 0) is 14.2 Å². The van der Waals surface area contributed by atoms with Gasteiger partial charge in [-0.25, -0.2) is 4.90 Å². The van der Waals surface area contributed by atoms with Gasteiger partial charge in [-0.2, -0.15) is 0 Å². The molecule has 0 saturated carbocycles. The lowest BCUT2D eigenvalue weighted by Gasteiger charge is -2.29. The molecule has 0 radical (unpaired) electrons. The molecule has 2 fully saturated rings. The first kappa shape index (κ1) is 15.8. The minimum atomic E-state index is -2.80. The van der Waals surface area contributed by atoms with Crippen molar-refractivity contribution in [2.75, 3.05) is 19.0 Å². The zero-order chi connectivity index (χ0) is 17.4. The van der Waals surface area contributed by atoms with Crippen molar-refractivity contribution in [1.82, 2.24) is 4.67 Å². The van der Waals surface area contributed by atoms with Gasteiger partial charge in [-0.1, -0.05) is 29.3 Å². The fourth-order valence-corrected chi connectivity index (χ4v) is 9.30. The van der Waals surface area contributed by atoms with E-state index in [-0.39, 0.29) is 23.1 Å². The first-order valence-corrected chi connectivity index (χ1v) is 9.99. The fourth-order valence-electron chi connectivity index (χ4n) is 4.90.